The molecule has 5 heteroatoms. The summed E-state index contributed by atoms with van der Waals surface area (Å²) in [4.78, 5) is 20.8. The summed E-state index contributed by atoms with van der Waals surface area (Å²) < 4.78 is 10.9. The lowest BCUT2D eigenvalue weighted by molar-refractivity contribution is -0.134. The number of carbonyl (C=O) groups is 1. The van der Waals surface area contributed by atoms with Crippen molar-refractivity contribution in [3.8, 4) is 17.1 Å². The van der Waals surface area contributed by atoms with Crippen LogP contribution >= 0.6 is 0 Å². The summed E-state index contributed by atoms with van der Waals surface area (Å²) in [7, 11) is 0. The fourth-order valence-corrected chi connectivity index (χ4v) is 3.76. The molecule has 0 atom stereocenters. The molecule has 0 fully saturated rings. The normalized spacial score (nSPS) is 11.3. The van der Waals surface area contributed by atoms with Crippen LogP contribution in [-0.4, -0.2) is 29.2 Å². The third-order valence-corrected chi connectivity index (χ3v) is 5.82. The summed E-state index contributed by atoms with van der Waals surface area (Å²) in [5.74, 6) is 0.804. The number of aryl methyl sites for hydroxylation is 1. The fraction of sp³-hybridized carbons (Fsp3) is 0.567. The van der Waals surface area contributed by atoms with Crippen molar-refractivity contribution in [1.29, 1.82) is 0 Å². The van der Waals surface area contributed by atoms with Gasteiger partial charge in [0.15, 0.2) is 11.6 Å². The van der Waals surface area contributed by atoms with Crippen LogP contribution in [0.25, 0.3) is 11.4 Å². The molecule has 0 aliphatic carbocycles. The highest BCUT2D eigenvalue weighted by atomic mass is 16.5. The fourth-order valence-electron chi connectivity index (χ4n) is 3.76. The number of allylic oxidation sites excluding steroid dienone is 2. The second-order valence-corrected chi connectivity index (χ2v) is 9.05. The first kappa shape index (κ1) is 28.7. The highest BCUT2D eigenvalue weighted by Crippen LogP contribution is 2.19. The third-order valence-electron chi connectivity index (χ3n) is 5.82. The van der Waals surface area contributed by atoms with Crippen LogP contribution in [-0.2, 0) is 16.0 Å². The molecule has 0 saturated heterocycles. The van der Waals surface area contributed by atoms with Crippen molar-refractivity contribution >= 4 is 5.97 Å². The summed E-state index contributed by atoms with van der Waals surface area (Å²) in [6, 6.07) is 8.39. The van der Waals surface area contributed by atoms with Crippen LogP contribution in [0.5, 0.6) is 5.75 Å². The van der Waals surface area contributed by atoms with E-state index in [1.54, 1.807) is 12.4 Å². The Morgan fingerprint density at radius 3 is 2.20 bits per heavy atom. The molecular formula is C30H44N2O3. The maximum Gasteiger partial charge on any atom is 0.311 e. The third kappa shape index (κ3) is 13.2. The van der Waals surface area contributed by atoms with Crippen LogP contribution in [0, 0.1) is 0 Å². The Morgan fingerprint density at radius 2 is 1.51 bits per heavy atom. The van der Waals surface area contributed by atoms with Gasteiger partial charge in [-0.05, 0) is 63.4 Å². The second-order valence-electron chi connectivity index (χ2n) is 9.05. The molecule has 0 amide bonds. The predicted octanol–water partition coefficient (Wildman–Crippen LogP) is 7.89. The maximum absolute atomic E-state index is 12.1. The number of benzene rings is 1. The number of nitrogens with zero attached hydrogens (tertiary/aromatic N) is 2. The average Bonchev–Trinajstić information content (AvgIpc) is 2.88. The van der Waals surface area contributed by atoms with Crippen molar-refractivity contribution in [2.75, 3.05) is 13.2 Å². The highest BCUT2D eigenvalue weighted by Gasteiger charge is 2.07. The molecule has 1 aromatic heterocycles. The van der Waals surface area contributed by atoms with Gasteiger partial charge < -0.3 is 9.47 Å². The zero-order valence-corrected chi connectivity index (χ0v) is 21.8. The Hall–Kier alpha value is -2.53. The van der Waals surface area contributed by atoms with Crippen molar-refractivity contribution in [1.82, 2.24) is 9.97 Å². The number of hydrogen-bond donors (Lipinski definition) is 0. The molecule has 1 heterocycles. The first-order valence-electron chi connectivity index (χ1n) is 13.6. The predicted molar refractivity (Wildman–Crippen MR) is 144 cm³/mol. The van der Waals surface area contributed by atoms with E-state index in [4.69, 9.17) is 9.47 Å². The van der Waals surface area contributed by atoms with Gasteiger partial charge in [-0.15, -0.1) is 0 Å². The molecule has 1 aromatic carbocycles. The van der Waals surface area contributed by atoms with E-state index in [2.05, 4.69) is 60.2 Å². The summed E-state index contributed by atoms with van der Waals surface area (Å²) in [5, 5.41) is 0. The number of rotatable bonds is 19. The molecule has 0 aliphatic rings. The van der Waals surface area contributed by atoms with Crippen molar-refractivity contribution in [3.05, 3.63) is 54.4 Å². The number of hydrogen-bond acceptors (Lipinski definition) is 5. The summed E-state index contributed by atoms with van der Waals surface area (Å²) in [5.41, 5.74) is 2.28. The van der Waals surface area contributed by atoms with Crippen molar-refractivity contribution in [2.24, 2.45) is 0 Å². The monoisotopic (exact) mass is 480 g/mol. The summed E-state index contributed by atoms with van der Waals surface area (Å²) >= 11 is 0. The minimum atomic E-state index is -0.227. The first-order valence-corrected chi connectivity index (χ1v) is 13.6. The topological polar surface area (TPSA) is 61.3 Å². The van der Waals surface area contributed by atoms with Gasteiger partial charge in [0.1, 0.15) is 0 Å². The minimum Gasteiger partial charge on any atom is -0.423 e. The molecule has 0 spiro atoms. The van der Waals surface area contributed by atoms with Crippen molar-refractivity contribution in [2.45, 2.75) is 97.3 Å². The molecule has 0 saturated carbocycles. The van der Waals surface area contributed by atoms with Gasteiger partial charge >= 0.3 is 5.97 Å². The van der Waals surface area contributed by atoms with E-state index in [9.17, 15) is 4.79 Å². The summed E-state index contributed by atoms with van der Waals surface area (Å²) in [6.45, 7) is 6.09. The Morgan fingerprint density at radius 1 is 0.800 bits per heavy atom. The van der Waals surface area contributed by atoms with Gasteiger partial charge in [0.2, 0.25) is 0 Å². The smallest absolute Gasteiger partial charge is 0.311 e. The van der Waals surface area contributed by atoms with E-state index < -0.39 is 0 Å². The zero-order chi connectivity index (χ0) is 25.0. The Kier molecular flexibility index (Phi) is 15.4. The molecule has 2 rings (SSSR count). The molecule has 0 unspecified atom stereocenters. The molecule has 192 valence electrons. The van der Waals surface area contributed by atoms with E-state index >= 15 is 0 Å². The van der Waals surface area contributed by atoms with Crippen LogP contribution < -0.4 is 4.74 Å². The molecule has 0 bridgehead atoms. The largest absolute Gasteiger partial charge is 0.423 e. The number of carbonyl (C=O) groups excluding carboxylic acids is 1. The van der Waals surface area contributed by atoms with Gasteiger partial charge in [0.05, 0.1) is 12.4 Å². The zero-order valence-electron chi connectivity index (χ0n) is 21.8. The van der Waals surface area contributed by atoms with E-state index in [-0.39, 0.29) is 5.97 Å². The lowest BCUT2D eigenvalue weighted by Crippen LogP contribution is -2.08. The summed E-state index contributed by atoms with van der Waals surface area (Å²) in [6.07, 6.45) is 21.5. The van der Waals surface area contributed by atoms with E-state index in [0.717, 1.165) is 63.7 Å². The Balaban J connectivity index is 1.64. The lowest BCUT2D eigenvalue weighted by Gasteiger charge is -2.06. The first-order chi connectivity index (χ1) is 17.2. The number of esters is 1. The maximum atomic E-state index is 12.1. The quantitative estimate of drug-likeness (QED) is 0.116. The molecular weight excluding hydrogens is 436 g/mol. The lowest BCUT2D eigenvalue weighted by atomic mass is 10.0. The number of aromatic nitrogens is 2. The Labute approximate surface area is 212 Å². The molecule has 0 aliphatic heterocycles. The van der Waals surface area contributed by atoms with Gasteiger partial charge in [-0.25, -0.2) is 9.97 Å². The van der Waals surface area contributed by atoms with Crippen LogP contribution in [0.4, 0.5) is 0 Å². The molecule has 5 nitrogen and oxygen atoms in total. The molecule has 0 radical (unpaired) electrons. The average molecular weight is 481 g/mol. The van der Waals surface area contributed by atoms with Gasteiger partial charge in [-0.2, -0.15) is 0 Å². The highest BCUT2D eigenvalue weighted by molar-refractivity contribution is 5.72. The standard InChI is InChI=1S/C30H44N2O3/c1-3-5-6-7-8-9-10-11-14-17-29(33)35-28-24-31-30(32-25-28)27-20-18-26(19-21-27)16-13-12-15-23-34-22-4-2/h8-9,18-21,24-25H,3-7,10-17,22-23H2,1-2H3/b9-8+. The molecule has 35 heavy (non-hydrogen) atoms. The van der Waals surface area contributed by atoms with Crippen LogP contribution in [0.1, 0.15) is 96.5 Å². The second kappa shape index (κ2) is 18.8. The van der Waals surface area contributed by atoms with Gasteiger partial charge in [-0.3, -0.25) is 4.79 Å². The van der Waals surface area contributed by atoms with Crippen LogP contribution in [0.3, 0.4) is 0 Å². The Bertz CT molecular complexity index is 832. The molecule has 0 N–H and O–H groups in total. The van der Waals surface area contributed by atoms with Crippen molar-refractivity contribution in [3.63, 3.8) is 0 Å². The number of ether oxygens (including phenoxy) is 2. The van der Waals surface area contributed by atoms with E-state index in [1.165, 1.54) is 37.7 Å². The van der Waals surface area contributed by atoms with Crippen molar-refractivity contribution < 1.29 is 14.3 Å². The van der Waals surface area contributed by atoms with E-state index in [0.29, 0.717) is 18.0 Å². The van der Waals surface area contributed by atoms with E-state index in [1.807, 2.05) is 0 Å². The number of unbranched alkanes of at least 4 members (excludes halogenated alkanes) is 7. The minimum absolute atomic E-state index is 0.227. The molecule has 2 aromatic rings. The van der Waals surface area contributed by atoms with Gasteiger partial charge in [-0.1, -0.05) is 69.5 Å². The van der Waals surface area contributed by atoms with Gasteiger partial charge in [0, 0.05) is 25.2 Å². The van der Waals surface area contributed by atoms with Gasteiger partial charge in [0.25, 0.3) is 0 Å². The SMILES string of the molecule is CCCCC/C=C/CCCCC(=O)Oc1cnc(-c2ccc(CCCCCOCCC)cc2)nc1. The van der Waals surface area contributed by atoms with Crippen LogP contribution in [0.15, 0.2) is 48.8 Å². The van der Waals surface area contributed by atoms with Crippen LogP contribution in [0.2, 0.25) is 0 Å².